The molecule has 0 unspecified atom stereocenters. The molecule has 2 atom stereocenters. The molecule has 1 aliphatic rings. The Balaban J connectivity index is 2.59. The Hall–Kier alpha value is -0.110. The SMILES string of the molecule is NNC(=S)N[C@@H]1CS(=O)(=O)C[C@@H]1Cl. The van der Waals surface area contributed by atoms with E-state index in [0.717, 1.165) is 0 Å². The lowest BCUT2D eigenvalue weighted by atomic mass is 10.3. The van der Waals surface area contributed by atoms with Crippen LogP contribution in [0.1, 0.15) is 0 Å². The molecule has 0 aliphatic carbocycles. The number of hydrogen-bond donors (Lipinski definition) is 3. The number of halogens is 1. The van der Waals surface area contributed by atoms with E-state index in [1.54, 1.807) is 0 Å². The zero-order valence-electron chi connectivity index (χ0n) is 6.66. The van der Waals surface area contributed by atoms with Gasteiger partial charge >= 0.3 is 0 Å². The molecule has 13 heavy (non-hydrogen) atoms. The monoisotopic (exact) mass is 243 g/mol. The van der Waals surface area contributed by atoms with Crippen LogP contribution in [0.2, 0.25) is 0 Å². The van der Waals surface area contributed by atoms with Crippen molar-refractivity contribution in [3.8, 4) is 0 Å². The number of nitrogens with two attached hydrogens (primary N) is 1. The van der Waals surface area contributed by atoms with Gasteiger partial charge in [-0.2, -0.15) is 0 Å². The average molecular weight is 244 g/mol. The van der Waals surface area contributed by atoms with Crippen LogP contribution >= 0.6 is 23.8 Å². The molecule has 1 saturated heterocycles. The quantitative estimate of drug-likeness (QED) is 0.231. The van der Waals surface area contributed by atoms with Gasteiger partial charge in [-0.15, -0.1) is 11.6 Å². The lowest BCUT2D eigenvalue weighted by Gasteiger charge is -2.15. The van der Waals surface area contributed by atoms with E-state index in [1.807, 2.05) is 0 Å². The van der Waals surface area contributed by atoms with Crippen LogP contribution in [0, 0.1) is 0 Å². The molecule has 0 bridgehead atoms. The second-order valence-corrected chi connectivity index (χ2v) is 5.94. The van der Waals surface area contributed by atoms with Crippen LogP contribution in [0.4, 0.5) is 0 Å². The summed E-state index contributed by atoms with van der Waals surface area (Å²) in [7, 11) is -3.02. The van der Waals surface area contributed by atoms with Crippen molar-refractivity contribution < 1.29 is 8.42 Å². The number of nitrogens with one attached hydrogen (secondary N) is 2. The Morgan fingerprint density at radius 3 is 2.54 bits per heavy atom. The first-order chi connectivity index (χ1) is 5.94. The van der Waals surface area contributed by atoms with Gasteiger partial charge < -0.3 is 10.7 Å². The van der Waals surface area contributed by atoms with Crippen LogP contribution in [-0.2, 0) is 9.84 Å². The summed E-state index contributed by atoms with van der Waals surface area (Å²) in [6.07, 6.45) is 0. The van der Waals surface area contributed by atoms with Crippen molar-refractivity contribution in [2.75, 3.05) is 11.5 Å². The van der Waals surface area contributed by atoms with Crippen molar-refractivity contribution in [2.45, 2.75) is 11.4 Å². The normalized spacial score (nSPS) is 31.2. The predicted octanol–water partition coefficient (Wildman–Crippen LogP) is -1.27. The highest BCUT2D eigenvalue weighted by Gasteiger charge is 2.36. The standard InChI is InChI=1S/C5H10ClN3O2S2/c6-3-1-13(10,11)2-4(3)8-5(12)9-7/h3-4H,1-2,7H2,(H2,8,9,12)/t3-,4+/m0/s1. The van der Waals surface area contributed by atoms with E-state index in [0.29, 0.717) is 0 Å². The second-order valence-electron chi connectivity index (χ2n) is 2.82. The number of hydrazine groups is 1. The Morgan fingerprint density at radius 2 is 2.15 bits per heavy atom. The molecule has 1 heterocycles. The van der Waals surface area contributed by atoms with Crippen LogP contribution in [-0.4, -0.2) is 36.5 Å². The smallest absolute Gasteiger partial charge is 0.180 e. The topological polar surface area (TPSA) is 84.2 Å². The molecule has 0 aromatic carbocycles. The lowest BCUT2D eigenvalue weighted by molar-refractivity contribution is 0.600. The highest BCUT2D eigenvalue weighted by atomic mass is 35.5. The molecular weight excluding hydrogens is 234 g/mol. The summed E-state index contributed by atoms with van der Waals surface area (Å²) < 4.78 is 22.2. The van der Waals surface area contributed by atoms with E-state index in [4.69, 9.17) is 29.7 Å². The molecule has 1 fully saturated rings. The summed E-state index contributed by atoms with van der Waals surface area (Å²) in [5.74, 6) is 5.01. The minimum Gasteiger partial charge on any atom is -0.356 e. The molecule has 0 aromatic rings. The highest BCUT2D eigenvalue weighted by molar-refractivity contribution is 7.91. The Bertz CT molecular complexity index is 305. The third kappa shape index (κ3) is 2.94. The molecule has 4 N–H and O–H groups in total. The summed E-state index contributed by atoms with van der Waals surface area (Å²) in [6.45, 7) is 0. The van der Waals surface area contributed by atoms with E-state index in [9.17, 15) is 8.42 Å². The average Bonchev–Trinajstić information content (AvgIpc) is 2.24. The fourth-order valence-corrected chi connectivity index (χ4v) is 3.85. The third-order valence-electron chi connectivity index (χ3n) is 1.73. The number of thiocarbonyl (C=S) groups is 1. The number of alkyl halides is 1. The van der Waals surface area contributed by atoms with Gasteiger partial charge in [0.1, 0.15) is 0 Å². The molecule has 8 heteroatoms. The number of sulfone groups is 1. The number of rotatable bonds is 1. The third-order valence-corrected chi connectivity index (χ3v) is 4.34. The molecule has 0 saturated carbocycles. The minimum absolute atomic E-state index is 0.00296. The van der Waals surface area contributed by atoms with Crippen LogP contribution in [0.25, 0.3) is 0 Å². The largest absolute Gasteiger partial charge is 0.356 e. The van der Waals surface area contributed by atoms with Crippen molar-refractivity contribution in [1.29, 1.82) is 0 Å². The summed E-state index contributed by atoms with van der Waals surface area (Å²) in [6, 6.07) is -0.352. The van der Waals surface area contributed by atoms with Crippen molar-refractivity contribution in [3.63, 3.8) is 0 Å². The molecule has 0 radical (unpaired) electrons. The minimum atomic E-state index is -3.02. The summed E-state index contributed by atoms with van der Waals surface area (Å²) in [5.41, 5.74) is 2.21. The maximum Gasteiger partial charge on any atom is 0.180 e. The lowest BCUT2D eigenvalue weighted by Crippen LogP contribution is -2.48. The van der Waals surface area contributed by atoms with Gasteiger partial charge in [0.25, 0.3) is 0 Å². The van der Waals surface area contributed by atoms with Crippen molar-refractivity contribution >= 4 is 38.8 Å². The maximum atomic E-state index is 11.1. The van der Waals surface area contributed by atoms with Crippen LogP contribution in [0.5, 0.6) is 0 Å². The zero-order valence-corrected chi connectivity index (χ0v) is 9.05. The molecule has 1 rings (SSSR count). The van der Waals surface area contributed by atoms with Gasteiger partial charge in [-0.25, -0.2) is 14.3 Å². The summed E-state index contributed by atoms with van der Waals surface area (Å²) in [4.78, 5) is 0. The van der Waals surface area contributed by atoms with E-state index in [2.05, 4.69) is 10.7 Å². The van der Waals surface area contributed by atoms with Crippen molar-refractivity contribution in [3.05, 3.63) is 0 Å². The Morgan fingerprint density at radius 1 is 1.54 bits per heavy atom. The Labute approximate surface area is 86.9 Å². The Kier molecular flexibility index (Phi) is 3.33. The first kappa shape index (κ1) is 11.0. The molecule has 0 amide bonds. The van der Waals surface area contributed by atoms with Gasteiger partial charge in [-0.05, 0) is 12.2 Å². The van der Waals surface area contributed by atoms with Gasteiger partial charge in [0, 0.05) is 0 Å². The van der Waals surface area contributed by atoms with Crippen molar-refractivity contribution in [1.82, 2.24) is 10.7 Å². The molecule has 76 valence electrons. The predicted molar refractivity (Wildman–Crippen MR) is 55.1 cm³/mol. The molecule has 1 aliphatic heterocycles. The van der Waals surface area contributed by atoms with Crippen LogP contribution in [0.3, 0.4) is 0 Å². The second kappa shape index (κ2) is 3.95. The molecule has 5 nitrogen and oxygen atoms in total. The first-order valence-corrected chi connectivity index (χ1v) is 6.23. The number of hydrogen-bond acceptors (Lipinski definition) is 4. The van der Waals surface area contributed by atoms with Gasteiger partial charge in [0.05, 0.1) is 22.9 Å². The summed E-state index contributed by atoms with van der Waals surface area (Å²) >= 11 is 10.5. The van der Waals surface area contributed by atoms with Crippen LogP contribution in [0.15, 0.2) is 0 Å². The summed E-state index contributed by atoms with van der Waals surface area (Å²) in [5, 5.41) is 2.47. The maximum absolute atomic E-state index is 11.1. The molecular formula is C5H10ClN3O2S2. The molecule has 0 spiro atoms. The van der Waals surface area contributed by atoms with Crippen LogP contribution < -0.4 is 16.6 Å². The highest BCUT2D eigenvalue weighted by Crippen LogP contribution is 2.17. The fraction of sp³-hybridized carbons (Fsp3) is 0.800. The van der Waals surface area contributed by atoms with Gasteiger partial charge in [-0.3, -0.25) is 0 Å². The molecule has 0 aromatic heterocycles. The van der Waals surface area contributed by atoms with Gasteiger partial charge in [0.15, 0.2) is 14.9 Å². The van der Waals surface area contributed by atoms with Gasteiger partial charge in [0.2, 0.25) is 0 Å². The van der Waals surface area contributed by atoms with Gasteiger partial charge in [-0.1, -0.05) is 0 Å². The van der Waals surface area contributed by atoms with E-state index >= 15 is 0 Å². The first-order valence-electron chi connectivity index (χ1n) is 3.56. The van der Waals surface area contributed by atoms with Crippen molar-refractivity contribution in [2.24, 2.45) is 5.84 Å². The van der Waals surface area contributed by atoms with E-state index in [1.165, 1.54) is 0 Å². The van der Waals surface area contributed by atoms with E-state index in [-0.39, 0.29) is 22.7 Å². The van der Waals surface area contributed by atoms with E-state index < -0.39 is 15.2 Å². The fourth-order valence-electron chi connectivity index (χ4n) is 1.15. The zero-order chi connectivity index (χ0) is 10.1.